The highest BCUT2D eigenvalue weighted by Gasteiger charge is 2.39. The number of anilines is 2. The first-order chi connectivity index (χ1) is 50.3. The summed E-state index contributed by atoms with van der Waals surface area (Å²) in [4.78, 5) is 28.4. The average Bonchev–Trinajstić information content (AvgIpc) is 1.66. The Bertz CT molecular complexity index is 5180. The van der Waals surface area contributed by atoms with Gasteiger partial charge in [-0.05, 0) is 93.3 Å². The van der Waals surface area contributed by atoms with Crippen molar-refractivity contribution in [2.45, 2.75) is 49.9 Å². The van der Waals surface area contributed by atoms with E-state index in [0.29, 0.717) is 87.6 Å². The summed E-state index contributed by atoms with van der Waals surface area (Å²) in [5, 5.41) is 5.81. The highest BCUT2D eigenvalue weighted by atomic mass is 79.9. The third kappa shape index (κ3) is 18.8. The molecule has 17 nitrogen and oxygen atoms in total. The Morgan fingerprint density at radius 2 is 0.832 bits per heavy atom. The average molecular weight is 1640 g/mol. The topological polar surface area (TPSA) is 202 Å². The Hall–Kier alpha value is -10.2. The number of rotatable bonds is 11. The van der Waals surface area contributed by atoms with Crippen molar-refractivity contribution in [1.29, 1.82) is 0 Å². The molecule has 16 heterocycles. The molecule has 0 amide bonds. The van der Waals surface area contributed by atoms with Gasteiger partial charge in [-0.15, -0.1) is 46.7 Å². The van der Waals surface area contributed by atoms with Crippen LogP contribution in [0.4, 0.5) is 77.5 Å². The first-order valence-electron chi connectivity index (χ1n) is 30.8. The molecule has 37 heteroatoms. The van der Waals surface area contributed by atoms with E-state index in [9.17, 15) is 65.9 Å². The number of aromatic nitrogens is 9. The van der Waals surface area contributed by atoms with Crippen molar-refractivity contribution >= 4 is 102 Å². The van der Waals surface area contributed by atoms with Gasteiger partial charge in [-0.2, -0.15) is 65.9 Å². The van der Waals surface area contributed by atoms with Gasteiger partial charge in [0.05, 0.1) is 94.8 Å². The molecule has 0 aliphatic carbocycles. The van der Waals surface area contributed by atoms with Gasteiger partial charge in [0.1, 0.15) is 32.9 Å². The Balaban J connectivity index is 0.000000138. The summed E-state index contributed by atoms with van der Waals surface area (Å²) in [6, 6.07) is 13.1. The number of hydrogen-bond donors (Lipinski definition) is 2. The van der Waals surface area contributed by atoms with Gasteiger partial charge in [-0.25, -0.2) is 29.9 Å². The molecule has 0 radical (unpaired) electrons. The summed E-state index contributed by atoms with van der Waals surface area (Å²) < 4.78 is 220. The second-order valence-corrected chi connectivity index (χ2v) is 26.4. The van der Waals surface area contributed by atoms with E-state index in [-0.39, 0.29) is 39.6 Å². The number of nitrogens with two attached hydrogens (primary N) is 2. The summed E-state index contributed by atoms with van der Waals surface area (Å²) >= 11 is 11.7. The maximum Gasteiger partial charge on any atom is 0.420 e. The van der Waals surface area contributed by atoms with E-state index >= 15 is 0 Å². The van der Waals surface area contributed by atoms with Crippen LogP contribution in [0.15, 0.2) is 218 Å². The van der Waals surface area contributed by atoms with Crippen molar-refractivity contribution in [3.63, 3.8) is 0 Å². The van der Waals surface area contributed by atoms with Crippen molar-refractivity contribution in [1.82, 2.24) is 52.9 Å². The predicted molar refractivity (Wildman–Crippen MR) is 376 cm³/mol. The molecule has 0 fully saturated rings. The van der Waals surface area contributed by atoms with E-state index < -0.39 is 70.3 Å². The van der Waals surface area contributed by atoms with Crippen LogP contribution in [-0.2, 0) is 49.9 Å². The second kappa shape index (κ2) is 32.1. The van der Waals surface area contributed by atoms with Crippen LogP contribution in [0.1, 0.15) is 54.8 Å². The fourth-order valence-corrected chi connectivity index (χ4v) is 13.0. The van der Waals surface area contributed by atoms with Crippen LogP contribution in [0.25, 0.3) is 72.5 Å². The maximum absolute atomic E-state index is 13.7. The van der Waals surface area contributed by atoms with Crippen molar-refractivity contribution in [3.05, 3.63) is 255 Å². The van der Waals surface area contributed by atoms with Crippen LogP contribution in [-0.4, -0.2) is 79.1 Å². The highest BCUT2D eigenvalue weighted by Crippen LogP contribution is 2.41. The number of halogens is 18. The van der Waals surface area contributed by atoms with E-state index in [1.54, 1.807) is 96.5 Å². The Kier molecular flexibility index (Phi) is 23.4. The molecule has 0 spiro atoms. The molecule has 4 N–H and O–H groups in total. The third-order valence-corrected chi connectivity index (χ3v) is 18.5. The molecule has 107 heavy (non-hydrogen) atoms. The number of furan rings is 4. The zero-order valence-electron chi connectivity index (χ0n) is 54.3. The van der Waals surface area contributed by atoms with Gasteiger partial charge in [0.2, 0.25) is 0 Å². The number of nitrogen functional groups attached to an aromatic ring is 2. The number of nitrogens with zero attached hydrogens (tertiary/aromatic N) is 11. The lowest BCUT2D eigenvalue weighted by molar-refractivity contribution is -0.138. The molecule has 0 unspecified atom stereocenters. The minimum atomic E-state index is -4.50. The zero-order valence-corrected chi connectivity index (χ0v) is 59.1. The molecule has 0 bridgehead atoms. The number of pyridine rings is 5. The van der Waals surface area contributed by atoms with Crippen molar-refractivity contribution in [3.8, 4) is 44.5 Å². The van der Waals surface area contributed by atoms with E-state index in [4.69, 9.17) is 40.7 Å². The zero-order chi connectivity index (χ0) is 75.5. The number of thiazole rings is 2. The number of hydrogen-bond acceptors (Lipinski definition) is 16. The molecular weight excluding hydrogens is 1590 g/mol. The minimum Gasteiger partial charge on any atom is -0.472 e. The van der Waals surface area contributed by atoms with Crippen LogP contribution in [0.3, 0.4) is 0 Å². The molecule has 14 aromatic rings. The molecule has 0 saturated heterocycles. The van der Waals surface area contributed by atoms with Gasteiger partial charge in [-0.3, -0.25) is 9.80 Å². The first-order valence-corrected chi connectivity index (χ1v) is 33.9. The Morgan fingerprint density at radius 3 is 1.21 bits per heavy atom. The monoisotopic (exact) mass is 1640 g/mol. The van der Waals surface area contributed by atoms with Crippen LogP contribution in [0.2, 0.25) is 0 Å². The highest BCUT2D eigenvalue weighted by molar-refractivity contribution is 9.10. The summed E-state index contributed by atoms with van der Waals surface area (Å²) in [6.45, 7) is 3.77. The molecule has 0 atom stereocenters. The van der Waals surface area contributed by atoms with Crippen molar-refractivity contribution in [2.24, 2.45) is 0 Å². The molecule has 0 aromatic carbocycles. The van der Waals surface area contributed by atoms with Crippen LogP contribution in [0, 0.1) is 0 Å². The number of fused-ring (bicyclic) bond motifs is 3. The molecule has 558 valence electrons. The van der Waals surface area contributed by atoms with Crippen LogP contribution < -0.4 is 11.5 Å². The second-order valence-electron chi connectivity index (χ2n) is 23.4. The lowest BCUT2D eigenvalue weighted by Gasteiger charge is -2.13. The molecule has 16 rings (SSSR count). The molecule has 2 aliphatic rings. The largest absolute Gasteiger partial charge is 0.472 e. The van der Waals surface area contributed by atoms with Crippen LogP contribution >= 0.6 is 62.6 Å². The maximum atomic E-state index is 13.7. The Labute approximate surface area is 622 Å². The summed E-state index contributed by atoms with van der Waals surface area (Å²) in [7, 11) is 0. The van der Waals surface area contributed by atoms with E-state index in [1.165, 1.54) is 81.8 Å². The third-order valence-electron chi connectivity index (χ3n) is 16.0. The van der Waals surface area contributed by atoms with E-state index in [0.717, 1.165) is 64.6 Å². The van der Waals surface area contributed by atoms with E-state index in [2.05, 4.69) is 67.8 Å². The SMILES string of the molecule is Cl.FC(F)(F)c1cc(-c2ccoc2)cn2cc(CCl)cc12.FC(F)(F)c1cc(-c2ccoc2)cn2cc(CN3CC=C(c4nccs4)C3)nc12.FC(F)(F)c1cc(-c2ccoc2)cn2cc(CN3CC=C(c4nccs4)C3)nc12.Nc1ncc(-c2ccoc2)cc1C(F)(F)F.Nc1ncc(Br)cc1C(F)(F)F. The fraction of sp³-hybridized carbons (Fsp3) is 0.171. The number of imidazole rings is 2. The number of alkyl halides is 16. The summed E-state index contributed by atoms with van der Waals surface area (Å²) in [5.74, 6) is -0.870. The van der Waals surface area contributed by atoms with Gasteiger partial charge in [-0.1, -0.05) is 12.2 Å². The summed E-state index contributed by atoms with van der Waals surface area (Å²) in [6.07, 6.45) is 8.97. The smallest absolute Gasteiger partial charge is 0.420 e. The molecule has 0 saturated carbocycles. The van der Waals surface area contributed by atoms with Crippen LogP contribution in [0.5, 0.6) is 0 Å². The first kappa shape index (κ1) is 77.9. The predicted octanol–water partition coefficient (Wildman–Crippen LogP) is 20.7. The minimum absolute atomic E-state index is 0. The van der Waals surface area contributed by atoms with E-state index in [1.807, 2.05) is 10.8 Å². The van der Waals surface area contributed by atoms with Gasteiger partial charge in [0.15, 0.2) is 0 Å². The quantitative estimate of drug-likeness (QED) is 0.0914. The molecular formula is C70H51BrCl2F15N13O4S2. The van der Waals surface area contributed by atoms with Gasteiger partial charge in [0, 0.05) is 167 Å². The van der Waals surface area contributed by atoms with Gasteiger partial charge < -0.3 is 42.3 Å². The lowest BCUT2D eigenvalue weighted by Crippen LogP contribution is -2.20. The standard InChI is InChI=1S/2C20H15F3N4OS.C14H9ClF3NO.C10H7F3N2O.C6H4BrF3N2.ClH/c2*21-20(22,23)17-7-15(14-2-5-28-12-14)9-27-11-16(25-18(17)27)10-26-4-1-13(8-26)19-24-3-6-29-19;15-5-9-3-13-12(14(16,17)18)4-11(7-19(13)6-9)10-1-2-20-8-10;11-10(12,13)8-3-7(4-15-9(8)14)6-1-2-16-5-6;7-3-1-4(6(8,9)10)5(11)12-2-3;/h2*1-3,5-7,9,11-12H,4,8,10H2;1-4,6-8H,5H2;1-5H,(H2,14,15);1-2H,(H2,11,12);1H. The lowest BCUT2D eigenvalue weighted by atomic mass is 10.1. The Morgan fingerprint density at radius 1 is 0.449 bits per heavy atom. The van der Waals surface area contributed by atoms with Gasteiger partial charge >= 0.3 is 30.9 Å². The molecule has 2 aliphatic heterocycles. The fourth-order valence-electron chi connectivity index (χ4n) is 11.2. The van der Waals surface area contributed by atoms with Crippen molar-refractivity contribution in [2.75, 3.05) is 37.6 Å². The van der Waals surface area contributed by atoms with Crippen molar-refractivity contribution < 1.29 is 83.5 Å². The van der Waals surface area contributed by atoms with Gasteiger partial charge in [0.25, 0.3) is 0 Å². The summed E-state index contributed by atoms with van der Waals surface area (Å²) in [5.41, 5.74) is 14.1. The molecule has 14 aromatic heterocycles. The normalized spacial score (nSPS) is 13.7.